The first-order chi connectivity index (χ1) is 16.7. The molecule has 0 bridgehead atoms. The predicted molar refractivity (Wildman–Crippen MR) is 132 cm³/mol. The first-order valence-corrected chi connectivity index (χ1v) is 14.4. The zero-order chi connectivity index (χ0) is 26.4. The molecule has 0 saturated carbocycles. The van der Waals surface area contributed by atoms with Crippen molar-refractivity contribution in [3.63, 3.8) is 0 Å². The van der Waals surface area contributed by atoms with E-state index in [1.54, 1.807) is 0 Å². The number of unbranched alkanes of at least 4 members (excludes halogenated alkanes) is 12. The van der Waals surface area contributed by atoms with Gasteiger partial charge in [0.05, 0.1) is 19.8 Å². The second-order valence-corrected chi connectivity index (χ2v) is 10.3. The molecule has 11 heteroatoms. The van der Waals surface area contributed by atoms with Crippen molar-refractivity contribution in [2.24, 2.45) is 0 Å². The van der Waals surface area contributed by atoms with Crippen molar-refractivity contribution in [3.05, 3.63) is 0 Å². The Balaban J connectivity index is 4.04. The van der Waals surface area contributed by atoms with Crippen LogP contribution < -0.4 is 0 Å². The second kappa shape index (κ2) is 22.2. The van der Waals surface area contributed by atoms with Gasteiger partial charge in [0.15, 0.2) is 6.10 Å². The van der Waals surface area contributed by atoms with Gasteiger partial charge in [0, 0.05) is 13.3 Å². The molecule has 0 saturated heterocycles. The summed E-state index contributed by atoms with van der Waals surface area (Å²) in [6.07, 6.45) is 13.2. The van der Waals surface area contributed by atoms with Crippen LogP contribution in [0.1, 0.15) is 104 Å². The Kier molecular flexibility index (Phi) is 21.5. The monoisotopic (exact) mass is 526 g/mol. The van der Waals surface area contributed by atoms with E-state index in [1.807, 2.05) is 0 Å². The lowest BCUT2D eigenvalue weighted by atomic mass is 10.0. The summed E-state index contributed by atoms with van der Waals surface area (Å²) in [4.78, 5) is 32.8. The summed E-state index contributed by atoms with van der Waals surface area (Å²) in [5.74, 6) is -1.12. The first-order valence-electron chi connectivity index (χ1n) is 12.9. The number of phosphoric ester groups is 1. The highest BCUT2D eigenvalue weighted by Gasteiger charge is 2.26. The molecule has 3 unspecified atom stereocenters. The van der Waals surface area contributed by atoms with Crippen molar-refractivity contribution < 1.29 is 47.8 Å². The molecule has 0 fully saturated rings. The standard InChI is InChI=1S/C24H47O10P/c1-3-4-5-6-7-8-9-10-11-12-13-14-15-16-24(28)34-23(19-31-21(2)26)20-33-35(29,30)32-18-22(27)17-25/h22-23,25,27H,3-20H2,1-2H3,(H,29,30). The quantitative estimate of drug-likeness (QED) is 0.0936. The summed E-state index contributed by atoms with van der Waals surface area (Å²) in [7, 11) is -4.56. The van der Waals surface area contributed by atoms with Crippen LogP contribution in [-0.2, 0) is 32.7 Å². The zero-order valence-electron chi connectivity index (χ0n) is 21.5. The van der Waals surface area contributed by atoms with E-state index >= 15 is 0 Å². The fraction of sp³-hybridized carbons (Fsp3) is 0.917. The molecule has 0 aromatic carbocycles. The third-order valence-corrected chi connectivity index (χ3v) is 6.27. The normalized spacial score (nSPS) is 14.8. The Morgan fingerprint density at radius 3 is 1.77 bits per heavy atom. The summed E-state index contributed by atoms with van der Waals surface area (Å²) in [5, 5.41) is 17.9. The molecule has 0 aliphatic rings. The average Bonchev–Trinajstić information content (AvgIpc) is 2.82. The van der Waals surface area contributed by atoms with Crippen LogP contribution >= 0.6 is 7.82 Å². The van der Waals surface area contributed by atoms with E-state index < -0.39 is 51.8 Å². The number of carbonyl (C=O) groups excluding carboxylic acids is 2. The van der Waals surface area contributed by atoms with Gasteiger partial charge in [0.25, 0.3) is 0 Å². The summed E-state index contributed by atoms with van der Waals surface area (Å²) in [6.45, 7) is 1.28. The number of aliphatic hydroxyl groups excluding tert-OH is 2. The van der Waals surface area contributed by atoms with Crippen LogP contribution in [0.15, 0.2) is 0 Å². The Morgan fingerprint density at radius 2 is 1.29 bits per heavy atom. The minimum Gasteiger partial charge on any atom is -0.462 e. The molecule has 0 radical (unpaired) electrons. The van der Waals surface area contributed by atoms with E-state index in [9.17, 15) is 24.2 Å². The van der Waals surface area contributed by atoms with Gasteiger partial charge >= 0.3 is 19.8 Å². The predicted octanol–water partition coefficient (Wildman–Crippen LogP) is 4.43. The van der Waals surface area contributed by atoms with Crippen LogP contribution in [0.2, 0.25) is 0 Å². The molecule has 0 aromatic heterocycles. The van der Waals surface area contributed by atoms with Crippen LogP contribution in [0, 0.1) is 0 Å². The maximum absolute atomic E-state index is 12.1. The van der Waals surface area contributed by atoms with Gasteiger partial charge in [-0.15, -0.1) is 0 Å². The van der Waals surface area contributed by atoms with Crippen LogP contribution in [0.5, 0.6) is 0 Å². The number of rotatable bonds is 24. The van der Waals surface area contributed by atoms with E-state index in [4.69, 9.17) is 19.1 Å². The fourth-order valence-corrected chi connectivity index (χ4v) is 4.10. The molecule has 0 spiro atoms. The Hall–Kier alpha value is -1.03. The van der Waals surface area contributed by atoms with Crippen molar-refractivity contribution in [2.45, 2.75) is 116 Å². The van der Waals surface area contributed by atoms with Gasteiger partial charge in [-0.3, -0.25) is 18.6 Å². The summed E-state index contributed by atoms with van der Waals surface area (Å²) < 4.78 is 31.2. The molecule has 0 amide bonds. The molecule has 0 aliphatic heterocycles. The highest BCUT2D eigenvalue weighted by Crippen LogP contribution is 2.43. The van der Waals surface area contributed by atoms with Gasteiger partial charge in [-0.05, 0) is 6.42 Å². The number of hydrogen-bond donors (Lipinski definition) is 3. The molecular weight excluding hydrogens is 479 g/mol. The molecule has 3 N–H and O–H groups in total. The zero-order valence-corrected chi connectivity index (χ0v) is 22.4. The molecule has 3 atom stereocenters. The average molecular weight is 527 g/mol. The number of aliphatic hydroxyl groups is 2. The maximum Gasteiger partial charge on any atom is 0.472 e. The molecule has 10 nitrogen and oxygen atoms in total. The number of esters is 2. The van der Waals surface area contributed by atoms with Gasteiger partial charge in [-0.1, -0.05) is 84.0 Å². The molecule has 0 aromatic rings. The number of carbonyl (C=O) groups is 2. The van der Waals surface area contributed by atoms with E-state index in [0.717, 1.165) is 19.3 Å². The van der Waals surface area contributed by atoms with Crippen molar-refractivity contribution in [2.75, 3.05) is 26.4 Å². The van der Waals surface area contributed by atoms with E-state index in [1.165, 1.54) is 64.7 Å². The van der Waals surface area contributed by atoms with Crippen molar-refractivity contribution >= 4 is 19.8 Å². The highest BCUT2D eigenvalue weighted by molar-refractivity contribution is 7.47. The van der Waals surface area contributed by atoms with Crippen LogP contribution in [-0.4, -0.2) is 65.7 Å². The fourth-order valence-electron chi connectivity index (χ4n) is 3.31. The van der Waals surface area contributed by atoms with Crippen molar-refractivity contribution in [1.82, 2.24) is 0 Å². The van der Waals surface area contributed by atoms with E-state index in [2.05, 4.69) is 11.4 Å². The van der Waals surface area contributed by atoms with Gasteiger partial charge in [-0.2, -0.15) is 0 Å². The Labute approximate surface area is 210 Å². The second-order valence-electron chi connectivity index (χ2n) is 8.80. The molecule has 35 heavy (non-hydrogen) atoms. The van der Waals surface area contributed by atoms with Crippen molar-refractivity contribution in [3.8, 4) is 0 Å². The van der Waals surface area contributed by atoms with Crippen LogP contribution in [0.25, 0.3) is 0 Å². The van der Waals surface area contributed by atoms with E-state index in [0.29, 0.717) is 6.42 Å². The molecular formula is C24H47O10P. The Morgan fingerprint density at radius 1 is 0.800 bits per heavy atom. The maximum atomic E-state index is 12.1. The lowest BCUT2D eigenvalue weighted by molar-refractivity contribution is -0.160. The van der Waals surface area contributed by atoms with Gasteiger partial charge in [0.2, 0.25) is 0 Å². The summed E-state index contributed by atoms with van der Waals surface area (Å²) in [6, 6.07) is 0. The van der Waals surface area contributed by atoms with Gasteiger partial charge in [0.1, 0.15) is 12.7 Å². The summed E-state index contributed by atoms with van der Waals surface area (Å²) >= 11 is 0. The lowest BCUT2D eigenvalue weighted by Crippen LogP contribution is -2.29. The van der Waals surface area contributed by atoms with Crippen LogP contribution in [0.3, 0.4) is 0 Å². The number of phosphoric acid groups is 1. The van der Waals surface area contributed by atoms with Crippen LogP contribution in [0.4, 0.5) is 0 Å². The SMILES string of the molecule is CCCCCCCCCCCCCCCC(=O)OC(COC(C)=O)COP(=O)(O)OCC(O)CO. The molecule has 0 aliphatic carbocycles. The number of hydrogen-bond acceptors (Lipinski definition) is 9. The van der Waals surface area contributed by atoms with Gasteiger partial charge in [-0.25, -0.2) is 4.57 Å². The molecule has 0 heterocycles. The highest BCUT2D eigenvalue weighted by atomic mass is 31.2. The third kappa shape index (κ3) is 23.1. The van der Waals surface area contributed by atoms with E-state index in [-0.39, 0.29) is 13.0 Å². The topological polar surface area (TPSA) is 149 Å². The smallest absolute Gasteiger partial charge is 0.462 e. The lowest BCUT2D eigenvalue weighted by Gasteiger charge is -2.20. The minimum atomic E-state index is -4.56. The first kappa shape index (κ1) is 34.0. The summed E-state index contributed by atoms with van der Waals surface area (Å²) in [5.41, 5.74) is 0. The minimum absolute atomic E-state index is 0.185. The Bertz CT molecular complexity index is 587. The third-order valence-electron chi connectivity index (χ3n) is 5.32. The molecule has 0 rings (SSSR count). The number of ether oxygens (including phenoxy) is 2. The van der Waals surface area contributed by atoms with Gasteiger partial charge < -0.3 is 24.6 Å². The molecule has 208 valence electrons. The largest absolute Gasteiger partial charge is 0.472 e. The van der Waals surface area contributed by atoms with Crippen molar-refractivity contribution in [1.29, 1.82) is 0 Å².